The Morgan fingerprint density at radius 3 is 2.32 bits per heavy atom. The molecule has 34 heavy (non-hydrogen) atoms. The molecule has 2 amide bonds. The van der Waals surface area contributed by atoms with E-state index in [0.29, 0.717) is 17.9 Å². The van der Waals surface area contributed by atoms with Gasteiger partial charge in [-0.3, -0.25) is 13.9 Å². The molecule has 0 radical (unpaired) electrons. The normalized spacial score (nSPS) is 12.2. The van der Waals surface area contributed by atoms with Gasteiger partial charge in [0.05, 0.1) is 19.1 Å². The summed E-state index contributed by atoms with van der Waals surface area (Å²) in [6.45, 7) is 7.09. The summed E-state index contributed by atoms with van der Waals surface area (Å²) in [4.78, 5) is 28.0. The number of benzene rings is 2. The summed E-state index contributed by atoms with van der Waals surface area (Å²) >= 11 is 0. The molecule has 0 fully saturated rings. The lowest BCUT2D eigenvalue weighted by Crippen LogP contribution is -2.53. The summed E-state index contributed by atoms with van der Waals surface area (Å²) in [5, 5.41) is 2.87. The number of nitrogens with one attached hydrogen (secondary N) is 1. The van der Waals surface area contributed by atoms with Crippen molar-refractivity contribution in [3.63, 3.8) is 0 Å². The van der Waals surface area contributed by atoms with Gasteiger partial charge in [0.1, 0.15) is 18.3 Å². The molecule has 0 spiro atoms. The molecule has 8 nitrogen and oxygen atoms in total. The van der Waals surface area contributed by atoms with Gasteiger partial charge in [-0.25, -0.2) is 8.42 Å². The highest BCUT2D eigenvalue weighted by atomic mass is 32.2. The van der Waals surface area contributed by atoms with Crippen molar-refractivity contribution < 1.29 is 22.7 Å². The zero-order chi connectivity index (χ0) is 25.5. The molecule has 2 aromatic carbocycles. The number of hydrogen-bond acceptors (Lipinski definition) is 5. The molecule has 0 heterocycles. The van der Waals surface area contributed by atoms with Crippen molar-refractivity contribution in [3.05, 3.63) is 59.7 Å². The summed E-state index contributed by atoms with van der Waals surface area (Å²) in [5.74, 6) is -0.127. The van der Waals surface area contributed by atoms with Crippen LogP contribution < -0.4 is 14.4 Å². The van der Waals surface area contributed by atoms with E-state index in [4.69, 9.17) is 4.74 Å². The molecule has 0 aliphatic carbocycles. The zero-order valence-corrected chi connectivity index (χ0v) is 21.6. The van der Waals surface area contributed by atoms with Crippen LogP contribution in [0.25, 0.3) is 0 Å². The number of amides is 2. The number of carbonyl (C=O) groups excluding carboxylic acids is 2. The molecule has 1 unspecified atom stereocenters. The number of nitrogens with zero attached hydrogens (tertiary/aromatic N) is 2. The lowest BCUT2D eigenvalue weighted by molar-refractivity contribution is -0.140. The SMILES string of the molecule is CCC(C(=O)NC(C)C)N(Cc1cccc(OC)c1)C(=O)CN(c1cccc(C)c1)S(C)(=O)=O. The van der Waals surface area contributed by atoms with Crippen LogP contribution in [-0.2, 0) is 26.2 Å². The van der Waals surface area contributed by atoms with Crippen molar-refractivity contribution in [2.45, 2.75) is 52.7 Å². The molecule has 9 heteroatoms. The van der Waals surface area contributed by atoms with Crippen molar-refractivity contribution >= 4 is 27.5 Å². The van der Waals surface area contributed by atoms with Crippen molar-refractivity contribution in [2.24, 2.45) is 0 Å². The second kappa shape index (κ2) is 11.9. The monoisotopic (exact) mass is 489 g/mol. The van der Waals surface area contributed by atoms with Crippen LogP contribution in [0.2, 0.25) is 0 Å². The largest absolute Gasteiger partial charge is 0.497 e. The van der Waals surface area contributed by atoms with Crippen LogP contribution in [0.4, 0.5) is 5.69 Å². The van der Waals surface area contributed by atoms with Gasteiger partial charge >= 0.3 is 0 Å². The smallest absolute Gasteiger partial charge is 0.244 e. The van der Waals surface area contributed by atoms with Gasteiger partial charge in [0, 0.05) is 12.6 Å². The number of hydrogen-bond donors (Lipinski definition) is 1. The first-order valence-electron chi connectivity index (χ1n) is 11.2. The molecule has 2 aromatic rings. The van der Waals surface area contributed by atoms with E-state index in [9.17, 15) is 18.0 Å². The standard InChI is InChI=1S/C25H35N3O5S/c1-7-23(25(30)26-18(2)3)27(16-20-11-9-13-22(15-20)33-5)24(29)17-28(34(6,31)32)21-12-8-10-19(4)14-21/h8-15,18,23H,7,16-17H2,1-6H3,(H,26,30). The summed E-state index contributed by atoms with van der Waals surface area (Å²) in [6, 6.07) is 13.3. The Bertz CT molecular complexity index is 1100. The van der Waals surface area contributed by atoms with E-state index in [1.165, 1.54) is 4.90 Å². The van der Waals surface area contributed by atoms with Gasteiger partial charge in [0.15, 0.2) is 0 Å². The number of sulfonamides is 1. The van der Waals surface area contributed by atoms with Crippen LogP contribution in [0.5, 0.6) is 5.75 Å². The first kappa shape index (κ1) is 27.2. The molecule has 0 aliphatic heterocycles. The summed E-state index contributed by atoms with van der Waals surface area (Å²) in [5.41, 5.74) is 2.04. The maximum atomic E-state index is 13.6. The van der Waals surface area contributed by atoms with Gasteiger partial charge in [0.2, 0.25) is 21.8 Å². The number of rotatable bonds is 11. The van der Waals surface area contributed by atoms with Crippen LogP contribution in [-0.4, -0.2) is 57.1 Å². The molecule has 0 saturated heterocycles. The third-order valence-corrected chi connectivity index (χ3v) is 6.41. The van der Waals surface area contributed by atoms with E-state index in [1.54, 1.807) is 37.4 Å². The Morgan fingerprint density at radius 2 is 1.76 bits per heavy atom. The number of anilines is 1. The zero-order valence-electron chi connectivity index (χ0n) is 20.7. The highest BCUT2D eigenvalue weighted by molar-refractivity contribution is 7.92. The maximum Gasteiger partial charge on any atom is 0.244 e. The van der Waals surface area contributed by atoms with Gasteiger partial charge in [-0.05, 0) is 62.6 Å². The summed E-state index contributed by atoms with van der Waals surface area (Å²) in [6.07, 6.45) is 1.44. The fourth-order valence-electron chi connectivity index (χ4n) is 3.66. The average Bonchev–Trinajstić information content (AvgIpc) is 2.76. The van der Waals surface area contributed by atoms with Gasteiger partial charge in [-0.2, -0.15) is 0 Å². The quantitative estimate of drug-likeness (QED) is 0.523. The number of aryl methyl sites for hydroxylation is 1. The topological polar surface area (TPSA) is 96.0 Å². The Kier molecular flexibility index (Phi) is 9.49. The Labute approximate surface area is 202 Å². The van der Waals surface area contributed by atoms with Crippen molar-refractivity contribution in [1.29, 1.82) is 0 Å². The average molecular weight is 490 g/mol. The van der Waals surface area contributed by atoms with E-state index in [2.05, 4.69) is 5.32 Å². The molecule has 186 valence electrons. The van der Waals surface area contributed by atoms with Crippen LogP contribution in [0.1, 0.15) is 38.3 Å². The lowest BCUT2D eigenvalue weighted by Gasteiger charge is -2.33. The van der Waals surface area contributed by atoms with E-state index in [0.717, 1.165) is 21.7 Å². The first-order chi connectivity index (χ1) is 16.0. The molecule has 0 aromatic heterocycles. The highest BCUT2D eigenvalue weighted by Crippen LogP contribution is 2.21. The lowest BCUT2D eigenvalue weighted by atomic mass is 10.1. The Morgan fingerprint density at radius 1 is 1.09 bits per heavy atom. The molecule has 1 N–H and O–H groups in total. The molecule has 0 aliphatic rings. The fourth-order valence-corrected chi connectivity index (χ4v) is 4.51. The second-order valence-corrected chi connectivity index (χ2v) is 10.5. The number of carbonyl (C=O) groups is 2. The molecule has 0 bridgehead atoms. The van der Waals surface area contributed by atoms with Crippen LogP contribution in [0.15, 0.2) is 48.5 Å². The number of ether oxygens (including phenoxy) is 1. The summed E-state index contributed by atoms with van der Waals surface area (Å²) in [7, 11) is -2.20. The van der Waals surface area contributed by atoms with Gasteiger partial charge in [-0.15, -0.1) is 0 Å². The molecule has 0 saturated carbocycles. The van der Waals surface area contributed by atoms with E-state index in [-0.39, 0.29) is 18.5 Å². The van der Waals surface area contributed by atoms with Crippen LogP contribution >= 0.6 is 0 Å². The van der Waals surface area contributed by atoms with Crippen molar-refractivity contribution in [2.75, 3.05) is 24.2 Å². The van der Waals surface area contributed by atoms with Crippen molar-refractivity contribution in [3.8, 4) is 5.75 Å². The predicted octanol–water partition coefficient (Wildman–Crippen LogP) is 3.10. The molecule has 1 atom stereocenters. The van der Waals surface area contributed by atoms with Gasteiger partial charge < -0.3 is 15.0 Å². The predicted molar refractivity (Wildman–Crippen MR) is 134 cm³/mol. The van der Waals surface area contributed by atoms with Crippen molar-refractivity contribution in [1.82, 2.24) is 10.2 Å². The minimum absolute atomic E-state index is 0.102. The van der Waals surface area contributed by atoms with Crippen LogP contribution in [0.3, 0.4) is 0 Å². The van der Waals surface area contributed by atoms with Gasteiger partial charge in [0.25, 0.3) is 0 Å². The molecular weight excluding hydrogens is 454 g/mol. The third kappa shape index (κ3) is 7.48. The second-order valence-electron chi connectivity index (χ2n) is 8.57. The minimum Gasteiger partial charge on any atom is -0.497 e. The fraction of sp³-hybridized carbons (Fsp3) is 0.440. The molecular formula is C25H35N3O5S. The minimum atomic E-state index is -3.75. The Balaban J connectivity index is 2.46. The van der Waals surface area contributed by atoms with Crippen LogP contribution in [0, 0.1) is 6.92 Å². The first-order valence-corrected chi connectivity index (χ1v) is 13.1. The van der Waals surface area contributed by atoms with E-state index < -0.39 is 28.5 Å². The molecule has 2 rings (SSSR count). The Hall–Kier alpha value is -3.07. The summed E-state index contributed by atoms with van der Waals surface area (Å²) < 4.78 is 31.6. The van der Waals surface area contributed by atoms with E-state index >= 15 is 0 Å². The maximum absolute atomic E-state index is 13.6. The van der Waals surface area contributed by atoms with E-state index in [1.807, 2.05) is 45.9 Å². The highest BCUT2D eigenvalue weighted by Gasteiger charge is 2.32. The third-order valence-electron chi connectivity index (χ3n) is 5.27. The number of methoxy groups -OCH3 is 1. The van der Waals surface area contributed by atoms with Gasteiger partial charge in [-0.1, -0.05) is 31.2 Å².